The molecule has 0 spiro atoms. The van der Waals surface area contributed by atoms with Gasteiger partial charge in [0.15, 0.2) is 0 Å². The fourth-order valence-electron chi connectivity index (χ4n) is 0.204. The summed E-state index contributed by atoms with van der Waals surface area (Å²) in [6, 6.07) is 0. The number of hydrogen-bond acceptors (Lipinski definition) is 13. The van der Waals surface area contributed by atoms with Crippen molar-refractivity contribution >= 4 is 187 Å². The zero-order valence-corrected chi connectivity index (χ0v) is 28.2. The Kier molecular flexibility index (Phi) is 93.2. The number of rotatable bonds is 2. The van der Waals surface area contributed by atoms with Crippen LogP contribution >= 0.6 is 85.1 Å². The molecule has 12 N–H and O–H groups in total. The summed E-state index contributed by atoms with van der Waals surface area (Å²) in [5.41, 5.74) is 27.9. The smallest absolute Gasteiger partial charge is 0.415 e. The second-order valence-electron chi connectivity index (χ2n) is 2.70. The molecule has 0 aliphatic heterocycles. The van der Waals surface area contributed by atoms with E-state index in [1.165, 1.54) is 11.5 Å². The fourth-order valence-corrected chi connectivity index (χ4v) is 0.612. The Balaban J connectivity index is -0.0000000313. The quantitative estimate of drug-likeness (QED) is 0.132. The molecule has 0 bridgehead atoms. The molecule has 0 radical (unpaired) electrons. The molecule has 0 aromatic rings. The molecule has 30 heavy (non-hydrogen) atoms. The van der Waals surface area contributed by atoms with Crippen LogP contribution in [0.1, 0.15) is 13.8 Å². The van der Waals surface area contributed by atoms with E-state index < -0.39 is 0 Å². The van der Waals surface area contributed by atoms with E-state index >= 15 is 0 Å². The summed E-state index contributed by atoms with van der Waals surface area (Å²) in [5.74, 6) is 2.52. The van der Waals surface area contributed by atoms with Crippen LogP contribution in [0, 0.1) is 0 Å². The third-order valence-corrected chi connectivity index (χ3v) is 1.22. The zero-order valence-electron chi connectivity index (χ0n) is 15.6. The van der Waals surface area contributed by atoms with Gasteiger partial charge in [0.2, 0.25) is 0 Å². The van der Waals surface area contributed by atoms with Gasteiger partial charge in [0.25, 0.3) is 0 Å². The number of thioether (sulfide) groups is 1. The van der Waals surface area contributed by atoms with E-state index in [1.807, 2.05) is 11.8 Å². The van der Waals surface area contributed by atoms with E-state index in [9.17, 15) is 0 Å². The van der Waals surface area contributed by atoms with Gasteiger partial charge in [-0.05, 0) is 11.5 Å². The van der Waals surface area contributed by atoms with Gasteiger partial charge in [-0.1, -0.05) is 39.8 Å². The van der Waals surface area contributed by atoms with Crippen molar-refractivity contribution in [2.45, 2.75) is 13.8 Å². The van der Waals surface area contributed by atoms with Gasteiger partial charge in [-0.25, -0.2) is 0 Å². The van der Waals surface area contributed by atoms with E-state index in [0.717, 1.165) is 0 Å². The largest absolute Gasteiger partial charge is 6.00 e. The van der Waals surface area contributed by atoms with Crippen molar-refractivity contribution in [3.8, 4) is 0 Å². The Morgan fingerprint density at radius 3 is 0.567 bits per heavy atom. The second-order valence-corrected chi connectivity index (χ2v) is 11.1. The average molecular weight is 739 g/mol. The van der Waals surface area contributed by atoms with Gasteiger partial charge in [0.1, 0.15) is 0 Å². The molecule has 0 atom stereocenters. The van der Waals surface area contributed by atoms with Gasteiger partial charge in [-0.15, -0.1) is 0 Å². The maximum absolute atomic E-state index is 4.66. The molecule has 0 unspecified atom stereocenters. The average Bonchev–Trinajstić information content (AvgIpc) is 2.34. The zero-order chi connectivity index (χ0) is 25.6. The van der Waals surface area contributed by atoms with Crippen LogP contribution < -0.4 is 34.4 Å². The van der Waals surface area contributed by atoms with Gasteiger partial charge < -0.3 is 183 Å². The third kappa shape index (κ3) is 1790. The SMILES string of the molecule is CCSCC.NC(=S)[S-].NC(=S)[S-].NC(=S)[S-].NC(=S)[S-].NC(=S)[S-].NC(=S)[S-].[Mo+6]. The predicted octanol–water partition coefficient (Wildman–Crippen LogP) is 0.418. The molecule has 0 saturated carbocycles. The molecule has 0 amide bonds. The second kappa shape index (κ2) is 52.6. The van der Waals surface area contributed by atoms with Gasteiger partial charge >= 0.3 is 21.1 Å². The van der Waals surface area contributed by atoms with Crippen LogP contribution in [0.15, 0.2) is 0 Å². The normalized spacial score (nSPS) is 6.20. The van der Waals surface area contributed by atoms with Crippen molar-refractivity contribution in [1.29, 1.82) is 0 Å². The maximum atomic E-state index is 4.66. The van der Waals surface area contributed by atoms with Gasteiger partial charge in [-0.2, -0.15) is 11.8 Å². The fraction of sp³-hybridized carbons (Fsp3) is 0.400. The molecule has 0 saturated heterocycles. The van der Waals surface area contributed by atoms with E-state index in [4.69, 9.17) is 0 Å². The van der Waals surface area contributed by atoms with Crippen molar-refractivity contribution in [1.82, 2.24) is 0 Å². The minimum atomic E-state index is 0. The Bertz CT molecular complexity index is 320. The van der Waals surface area contributed by atoms with Crippen LogP contribution in [0.4, 0.5) is 0 Å². The van der Waals surface area contributed by atoms with Crippen molar-refractivity contribution in [3.05, 3.63) is 0 Å². The number of nitrogens with two attached hydrogens (primary N) is 6. The number of hydrogen-bond donors (Lipinski definition) is 6. The van der Waals surface area contributed by atoms with Crippen LogP contribution in [-0.4, -0.2) is 37.4 Å². The van der Waals surface area contributed by atoms with Crippen molar-refractivity contribution in [2.24, 2.45) is 34.4 Å². The molecule has 176 valence electrons. The molecular formula is C10H22MoN6S13. The predicted molar refractivity (Wildman–Crippen MR) is 174 cm³/mol. The minimum Gasteiger partial charge on any atom is -0.415 e. The Hall–Kier alpha value is 1.70. The summed E-state index contributed by atoms with van der Waals surface area (Å²) in [5, 5.41) is 0. The van der Waals surface area contributed by atoms with Crippen molar-refractivity contribution in [2.75, 3.05) is 11.5 Å². The molecular weight excluding hydrogens is 717 g/mol. The van der Waals surface area contributed by atoms with Crippen molar-refractivity contribution in [3.63, 3.8) is 0 Å². The van der Waals surface area contributed by atoms with E-state index in [0.29, 0.717) is 0 Å². The summed E-state index contributed by atoms with van der Waals surface area (Å²) < 4.78 is 0.500. The number of thiocarbonyl (C=S) groups is 6. The summed E-state index contributed by atoms with van der Waals surface area (Å²) in [7, 11) is 0. The molecule has 0 aromatic carbocycles. The first-order chi connectivity index (χ1) is 12.8. The van der Waals surface area contributed by atoms with Gasteiger partial charge in [-0.3, -0.25) is 0 Å². The minimum absolute atomic E-state index is 0. The Labute approximate surface area is 264 Å². The van der Waals surface area contributed by atoms with Crippen LogP contribution in [0.25, 0.3) is 0 Å². The van der Waals surface area contributed by atoms with Crippen molar-refractivity contribution < 1.29 is 21.1 Å². The Morgan fingerprint density at radius 1 is 0.500 bits per heavy atom. The Morgan fingerprint density at radius 2 is 0.567 bits per heavy atom. The molecule has 20 heteroatoms. The molecule has 6 nitrogen and oxygen atoms in total. The summed E-state index contributed by atoms with van der Waals surface area (Å²) in [6.45, 7) is 4.35. The third-order valence-electron chi connectivity index (χ3n) is 0.408. The first kappa shape index (κ1) is 53.2. The standard InChI is InChI=1S/C4H10S.6CH3NS2.Mo/c1-3-5-4-2;6*2-1(3)4;/h3-4H2,1-2H3;6*(H3,2,3,4);/q;;;;;;;+6/p-6. The maximum Gasteiger partial charge on any atom is 6.00 e. The summed E-state index contributed by atoms with van der Waals surface area (Å²) in [6.07, 6.45) is 0. The monoisotopic (exact) mass is 740 g/mol. The van der Waals surface area contributed by atoms with Gasteiger partial charge in [0.05, 0.1) is 0 Å². The molecule has 0 heterocycles. The van der Waals surface area contributed by atoms with Crippen LogP contribution in [0.2, 0.25) is 0 Å². The van der Waals surface area contributed by atoms with Crippen LogP contribution in [0.5, 0.6) is 0 Å². The van der Waals surface area contributed by atoms with Crippen LogP contribution in [-0.2, 0) is 96.8 Å². The van der Waals surface area contributed by atoms with Gasteiger partial charge in [0, 0.05) is 0 Å². The molecule has 0 aliphatic rings. The molecule has 0 fully saturated rings. The molecule has 0 rings (SSSR count). The topological polar surface area (TPSA) is 156 Å². The summed E-state index contributed by atoms with van der Waals surface area (Å²) in [4.78, 5) is 0. The van der Waals surface area contributed by atoms with E-state index in [1.54, 1.807) is 0 Å². The molecule has 0 aliphatic carbocycles. The first-order valence-corrected chi connectivity index (χ1v) is 12.2. The molecule has 0 aromatic heterocycles. The van der Waals surface area contributed by atoms with E-state index in [-0.39, 0.29) is 47.0 Å². The van der Waals surface area contributed by atoms with Crippen LogP contribution in [0.3, 0.4) is 0 Å². The first-order valence-electron chi connectivity index (χ1n) is 6.17. The summed E-state index contributed by atoms with van der Waals surface area (Å²) >= 11 is 51.5. The van der Waals surface area contributed by atoms with E-state index in [2.05, 4.69) is 197 Å².